The van der Waals surface area contributed by atoms with Crippen molar-refractivity contribution in [2.75, 3.05) is 11.9 Å². The molecule has 6 heteroatoms. The highest BCUT2D eigenvalue weighted by Crippen LogP contribution is 2.48. The largest absolute Gasteiger partial charge is 0.493 e. The van der Waals surface area contributed by atoms with Gasteiger partial charge in [0.25, 0.3) is 0 Å². The Morgan fingerprint density at radius 2 is 1.76 bits per heavy atom. The summed E-state index contributed by atoms with van der Waals surface area (Å²) in [6.45, 7) is 0.534. The Balaban J connectivity index is 1.41. The van der Waals surface area contributed by atoms with E-state index in [1.807, 2.05) is 48.5 Å². The molecule has 2 heterocycles. The summed E-state index contributed by atoms with van der Waals surface area (Å²) in [6, 6.07) is 19.5. The van der Waals surface area contributed by atoms with Crippen LogP contribution in [0, 0.1) is 0 Å². The van der Waals surface area contributed by atoms with E-state index in [-0.39, 0.29) is 11.8 Å². The Morgan fingerprint density at radius 3 is 2.56 bits per heavy atom. The Labute approximate surface area is 207 Å². The van der Waals surface area contributed by atoms with Gasteiger partial charge in [-0.25, -0.2) is 0 Å². The lowest BCUT2D eigenvalue weighted by Crippen LogP contribution is -2.27. The van der Waals surface area contributed by atoms with Crippen molar-refractivity contribution in [2.45, 2.75) is 31.1 Å². The van der Waals surface area contributed by atoms with Gasteiger partial charge in [0, 0.05) is 26.6 Å². The van der Waals surface area contributed by atoms with Crippen LogP contribution in [-0.4, -0.2) is 17.5 Å². The van der Waals surface area contributed by atoms with E-state index in [2.05, 4.69) is 11.4 Å². The molecule has 1 aliphatic carbocycles. The summed E-state index contributed by atoms with van der Waals surface area (Å²) in [5.41, 5.74) is 5.68. The molecule has 170 valence electrons. The summed E-state index contributed by atoms with van der Waals surface area (Å²) < 4.78 is 5.74. The number of fused-ring (bicyclic) bond motifs is 2. The first-order valence-electron chi connectivity index (χ1n) is 11.5. The predicted octanol–water partition coefficient (Wildman–Crippen LogP) is 7.59. The third-order valence-electron chi connectivity index (χ3n) is 6.63. The van der Waals surface area contributed by atoms with Crippen LogP contribution in [0.3, 0.4) is 0 Å². The zero-order valence-corrected chi connectivity index (χ0v) is 19.9. The summed E-state index contributed by atoms with van der Waals surface area (Å²) in [7, 11) is 0. The maximum Gasteiger partial charge on any atom is 0.232 e. The first-order chi connectivity index (χ1) is 16.6. The van der Waals surface area contributed by atoms with Gasteiger partial charge in [-0.05, 0) is 60.6 Å². The standard InChI is InChI=1S/C28H22Cl2N2O2/c29-18-12-17(13-19(30)14-18)20-5-3-6-23-26(16-8-9-16)24(15-31-27(20)23)32-28(33)22-10-11-34-25-7-2-1-4-21(22)25/h1-7,12-16,22H,8-11H2,(H,32,33). The minimum absolute atomic E-state index is 0.0171. The van der Waals surface area contributed by atoms with Crippen LogP contribution < -0.4 is 10.1 Å². The van der Waals surface area contributed by atoms with Crippen molar-refractivity contribution in [3.8, 4) is 16.9 Å². The van der Waals surface area contributed by atoms with Crippen molar-refractivity contribution in [1.29, 1.82) is 0 Å². The molecule has 3 aromatic carbocycles. The number of nitrogens with zero attached hydrogens (tertiary/aromatic N) is 1. The number of para-hydroxylation sites is 2. The van der Waals surface area contributed by atoms with Gasteiger partial charge in [0.15, 0.2) is 0 Å². The summed E-state index contributed by atoms with van der Waals surface area (Å²) >= 11 is 12.5. The van der Waals surface area contributed by atoms with Gasteiger partial charge in [0.2, 0.25) is 5.91 Å². The Morgan fingerprint density at radius 1 is 0.971 bits per heavy atom. The molecule has 1 aromatic heterocycles. The second-order valence-electron chi connectivity index (χ2n) is 8.94. The molecule has 0 radical (unpaired) electrons. The highest BCUT2D eigenvalue weighted by Gasteiger charge is 2.32. The van der Waals surface area contributed by atoms with E-state index in [1.165, 1.54) is 0 Å². The number of anilines is 1. The normalized spacial score (nSPS) is 17.2. The maximum atomic E-state index is 13.4. The number of halogens is 2. The van der Waals surface area contributed by atoms with E-state index < -0.39 is 0 Å². The summed E-state index contributed by atoms with van der Waals surface area (Å²) in [4.78, 5) is 18.2. The lowest BCUT2D eigenvalue weighted by atomic mass is 9.92. The monoisotopic (exact) mass is 488 g/mol. The van der Waals surface area contributed by atoms with Crippen LogP contribution in [-0.2, 0) is 4.79 Å². The summed E-state index contributed by atoms with van der Waals surface area (Å²) in [6.07, 6.45) is 4.67. The molecule has 1 unspecified atom stereocenters. The van der Waals surface area contributed by atoms with Crippen molar-refractivity contribution in [1.82, 2.24) is 4.98 Å². The van der Waals surface area contributed by atoms with Crippen LogP contribution in [0.4, 0.5) is 5.69 Å². The summed E-state index contributed by atoms with van der Waals surface area (Å²) in [5, 5.41) is 5.44. The smallest absolute Gasteiger partial charge is 0.232 e. The average molecular weight is 489 g/mol. The van der Waals surface area contributed by atoms with Gasteiger partial charge in [-0.3, -0.25) is 9.78 Å². The quantitative estimate of drug-likeness (QED) is 0.321. The number of carbonyl (C=O) groups is 1. The number of amides is 1. The van der Waals surface area contributed by atoms with Gasteiger partial charge >= 0.3 is 0 Å². The molecule has 1 aliphatic heterocycles. The van der Waals surface area contributed by atoms with E-state index >= 15 is 0 Å². The minimum atomic E-state index is -0.243. The van der Waals surface area contributed by atoms with Crippen molar-refractivity contribution in [3.05, 3.63) is 88.0 Å². The van der Waals surface area contributed by atoms with E-state index in [4.69, 9.17) is 32.9 Å². The first kappa shape index (κ1) is 21.5. The van der Waals surface area contributed by atoms with Crippen molar-refractivity contribution in [3.63, 3.8) is 0 Å². The van der Waals surface area contributed by atoms with Crippen LogP contribution in [0.1, 0.15) is 42.2 Å². The van der Waals surface area contributed by atoms with Gasteiger partial charge < -0.3 is 10.1 Å². The second kappa shape index (κ2) is 8.61. The Kier molecular flexibility index (Phi) is 5.43. The fourth-order valence-electron chi connectivity index (χ4n) is 4.93. The van der Waals surface area contributed by atoms with Gasteiger partial charge in [0.05, 0.1) is 29.9 Å². The van der Waals surface area contributed by atoms with E-state index in [1.54, 1.807) is 12.3 Å². The molecule has 0 spiro atoms. The number of ether oxygens (including phenoxy) is 1. The zero-order chi connectivity index (χ0) is 23.2. The SMILES string of the molecule is O=C(Nc1cnc2c(-c3cc(Cl)cc(Cl)c3)cccc2c1C1CC1)C1CCOc2ccccc21. The first-order valence-corrected chi connectivity index (χ1v) is 12.2. The molecule has 34 heavy (non-hydrogen) atoms. The molecule has 4 aromatic rings. The van der Waals surface area contributed by atoms with Gasteiger partial charge in [-0.1, -0.05) is 59.6 Å². The maximum absolute atomic E-state index is 13.4. The molecule has 0 saturated heterocycles. The van der Waals surface area contributed by atoms with Crippen LogP contribution in [0.2, 0.25) is 10.0 Å². The average Bonchev–Trinajstić information content (AvgIpc) is 3.67. The van der Waals surface area contributed by atoms with Crippen molar-refractivity contribution in [2.24, 2.45) is 0 Å². The topological polar surface area (TPSA) is 51.2 Å². The predicted molar refractivity (Wildman–Crippen MR) is 137 cm³/mol. The number of hydrogen-bond donors (Lipinski definition) is 1. The highest BCUT2D eigenvalue weighted by atomic mass is 35.5. The molecule has 1 fully saturated rings. The Hall–Kier alpha value is -3.08. The third-order valence-corrected chi connectivity index (χ3v) is 7.07. The number of rotatable bonds is 4. The van der Waals surface area contributed by atoms with Crippen molar-refractivity contribution < 1.29 is 9.53 Å². The number of nitrogens with one attached hydrogen (secondary N) is 1. The zero-order valence-electron chi connectivity index (χ0n) is 18.4. The fourth-order valence-corrected chi connectivity index (χ4v) is 5.46. The minimum Gasteiger partial charge on any atom is -0.493 e. The second-order valence-corrected chi connectivity index (χ2v) is 9.81. The highest BCUT2D eigenvalue weighted by molar-refractivity contribution is 6.35. The van der Waals surface area contributed by atoms with Gasteiger partial charge in [-0.2, -0.15) is 0 Å². The number of pyridine rings is 1. The molecule has 1 amide bonds. The molecule has 1 N–H and O–H groups in total. The summed E-state index contributed by atoms with van der Waals surface area (Å²) in [5.74, 6) is 0.947. The molecule has 1 atom stereocenters. The van der Waals surface area contributed by atoms with E-state index in [0.717, 1.165) is 57.4 Å². The lowest BCUT2D eigenvalue weighted by Gasteiger charge is -2.25. The van der Waals surface area contributed by atoms with E-state index in [0.29, 0.717) is 29.0 Å². The molecular weight excluding hydrogens is 467 g/mol. The lowest BCUT2D eigenvalue weighted by molar-refractivity contribution is -0.118. The van der Waals surface area contributed by atoms with Gasteiger partial charge in [-0.15, -0.1) is 0 Å². The van der Waals surface area contributed by atoms with Crippen molar-refractivity contribution >= 4 is 45.7 Å². The number of aromatic nitrogens is 1. The number of hydrogen-bond acceptors (Lipinski definition) is 3. The van der Waals surface area contributed by atoms with E-state index in [9.17, 15) is 4.79 Å². The Bertz CT molecular complexity index is 1410. The van der Waals surface area contributed by atoms with Crippen LogP contribution >= 0.6 is 23.2 Å². The third kappa shape index (κ3) is 3.91. The van der Waals surface area contributed by atoms with Crippen LogP contribution in [0.5, 0.6) is 5.75 Å². The molecule has 4 nitrogen and oxygen atoms in total. The molecule has 2 aliphatic rings. The molecular formula is C28H22Cl2N2O2. The molecule has 1 saturated carbocycles. The van der Waals surface area contributed by atoms with Crippen LogP contribution in [0.25, 0.3) is 22.0 Å². The molecule has 0 bridgehead atoms. The fraction of sp³-hybridized carbons (Fsp3) is 0.214. The number of benzene rings is 3. The van der Waals surface area contributed by atoms with Gasteiger partial charge in [0.1, 0.15) is 5.75 Å². The molecule has 6 rings (SSSR count). The van der Waals surface area contributed by atoms with Crippen LogP contribution in [0.15, 0.2) is 66.9 Å². The number of carbonyl (C=O) groups excluding carboxylic acids is 1.